The van der Waals surface area contributed by atoms with Crippen LogP contribution in [-0.4, -0.2) is 19.4 Å². The number of nitro groups is 1. The Hall–Kier alpha value is -1.54. The maximum Gasteiger partial charge on any atom is 0.306 e. The minimum Gasteiger partial charge on any atom is -0.258 e. The van der Waals surface area contributed by atoms with Gasteiger partial charge in [-0.1, -0.05) is 0 Å². The number of halogens is 1. The Morgan fingerprint density at radius 1 is 1.19 bits per heavy atom. The third-order valence-corrected chi connectivity index (χ3v) is 8.30. The van der Waals surface area contributed by atoms with Gasteiger partial charge < -0.3 is 0 Å². The Morgan fingerprint density at radius 2 is 1.73 bits per heavy atom. The van der Waals surface area contributed by atoms with E-state index in [2.05, 4.69) is 4.72 Å². The summed E-state index contributed by atoms with van der Waals surface area (Å²) in [6.45, 7) is 1.91. The first-order valence-corrected chi connectivity index (χ1v) is 10.6. The molecule has 4 fully saturated rings. The topological polar surface area (TPSA) is 89.3 Å². The van der Waals surface area contributed by atoms with Gasteiger partial charge >= 0.3 is 5.69 Å². The Labute approximate surface area is 152 Å². The van der Waals surface area contributed by atoms with Gasteiger partial charge in [0.1, 0.15) is 0 Å². The van der Waals surface area contributed by atoms with Crippen molar-refractivity contribution in [1.29, 1.82) is 0 Å². The van der Waals surface area contributed by atoms with E-state index in [4.69, 9.17) is 0 Å². The summed E-state index contributed by atoms with van der Waals surface area (Å²) < 4.78 is 41.8. The molecule has 0 spiro atoms. The van der Waals surface area contributed by atoms with E-state index in [0.717, 1.165) is 37.5 Å². The largest absolute Gasteiger partial charge is 0.306 e. The van der Waals surface area contributed by atoms with E-state index in [9.17, 15) is 22.9 Å². The zero-order chi connectivity index (χ0) is 18.7. The van der Waals surface area contributed by atoms with Gasteiger partial charge in [0.05, 0.1) is 9.82 Å². The number of nitrogens with one attached hydrogen (secondary N) is 1. The summed E-state index contributed by atoms with van der Waals surface area (Å²) >= 11 is 0. The van der Waals surface area contributed by atoms with Crippen LogP contribution in [0, 0.1) is 39.1 Å². The lowest BCUT2D eigenvalue weighted by molar-refractivity contribution is -0.387. The second kappa shape index (κ2) is 5.99. The highest BCUT2D eigenvalue weighted by Gasteiger charge is 2.53. The molecule has 26 heavy (non-hydrogen) atoms. The van der Waals surface area contributed by atoms with E-state index >= 15 is 0 Å². The molecular formula is C18H23FN2O4S. The average molecular weight is 382 g/mol. The van der Waals surface area contributed by atoms with E-state index in [1.807, 2.05) is 6.92 Å². The number of nitrogens with zero attached hydrogens (tertiary/aromatic N) is 1. The van der Waals surface area contributed by atoms with Gasteiger partial charge in [0.25, 0.3) is 0 Å². The normalized spacial score (nSPS) is 34.0. The van der Waals surface area contributed by atoms with Crippen molar-refractivity contribution in [1.82, 2.24) is 4.72 Å². The van der Waals surface area contributed by atoms with Gasteiger partial charge in [-0.25, -0.2) is 13.1 Å². The van der Waals surface area contributed by atoms with Crippen molar-refractivity contribution >= 4 is 15.7 Å². The quantitative estimate of drug-likeness (QED) is 0.622. The Kier molecular flexibility index (Phi) is 4.11. The number of sulfonamides is 1. The van der Waals surface area contributed by atoms with Gasteiger partial charge in [-0.15, -0.1) is 0 Å². The van der Waals surface area contributed by atoms with Crippen LogP contribution in [0.15, 0.2) is 23.1 Å². The molecule has 0 heterocycles. The molecule has 4 aliphatic rings. The molecule has 0 unspecified atom stereocenters. The number of benzene rings is 1. The van der Waals surface area contributed by atoms with Gasteiger partial charge in [-0.3, -0.25) is 10.1 Å². The zero-order valence-corrected chi connectivity index (χ0v) is 15.5. The zero-order valence-electron chi connectivity index (χ0n) is 14.7. The van der Waals surface area contributed by atoms with Crippen molar-refractivity contribution < 1.29 is 17.7 Å². The molecule has 0 radical (unpaired) electrons. The molecule has 1 atom stereocenters. The van der Waals surface area contributed by atoms with Crippen molar-refractivity contribution in [2.45, 2.75) is 56.4 Å². The summed E-state index contributed by atoms with van der Waals surface area (Å²) in [5.74, 6) is 1.04. The van der Waals surface area contributed by atoms with Crippen molar-refractivity contribution in [3.8, 4) is 0 Å². The number of hydrogen-bond acceptors (Lipinski definition) is 4. The number of rotatable bonds is 5. The van der Waals surface area contributed by atoms with Gasteiger partial charge in [0.15, 0.2) is 0 Å². The molecular weight excluding hydrogens is 359 g/mol. The van der Waals surface area contributed by atoms with Crippen LogP contribution in [0.25, 0.3) is 0 Å². The lowest BCUT2D eigenvalue weighted by atomic mass is 9.48. The SMILES string of the molecule is C[C@H](NS(=O)(=O)c1ccc(F)c([N+](=O)[O-])c1)C12CC3CC(CC(C3)C1)C2. The fraction of sp³-hybridized carbons (Fsp3) is 0.667. The lowest BCUT2D eigenvalue weighted by Crippen LogP contribution is -2.55. The first-order valence-electron chi connectivity index (χ1n) is 9.15. The van der Waals surface area contributed by atoms with Crippen LogP contribution in [-0.2, 0) is 10.0 Å². The Bertz CT molecular complexity index is 819. The minimum absolute atomic E-state index is 0.0201. The first-order chi connectivity index (χ1) is 12.2. The fourth-order valence-corrected chi connectivity index (χ4v) is 7.30. The molecule has 1 aromatic carbocycles. The summed E-state index contributed by atoms with van der Waals surface area (Å²) in [6.07, 6.45) is 6.94. The highest BCUT2D eigenvalue weighted by atomic mass is 32.2. The van der Waals surface area contributed by atoms with Gasteiger partial charge in [-0.05, 0) is 80.8 Å². The van der Waals surface area contributed by atoms with E-state index in [0.29, 0.717) is 17.8 Å². The predicted octanol–water partition coefficient (Wildman–Crippen LogP) is 3.62. The van der Waals surface area contributed by atoms with Gasteiger partial charge in [0, 0.05) is 12.1 Å². The summed E-state index contributed by atoms with van der Waals surface area (Å²) in [5, 5.41) is 10.9. The lowest BCUT2D eigenvalue weighted by Gasteiger charge is -2.59. The second-order valence-corrected chi connectivity index (χ2v) is 10.2. The summed E-state index contributed by atoms with van der Waals surface area (Å²) in [5.41, 5.74) is -0.844. The molecule has 0 saturated heterocycles. The second-order valence-electron chi connectivity index (χ2n) is 8.49. The number of nitro benzene ring substituents is 1. The molecule has 1 aromatic rings. The molecule has 142 valence electrons. The molecule has 0 aliphatic heterocycles. The van der Waals surface area contributed by atoms with E-state index < -0.39 is 26.5 Å². The molecule has 0 amide bonds. The standard InChI is InChI=1S/C18H23FN2O4S/c1-11(18-8-12-4-13(9-18)6-14(5-12)10-18)20-26(24,25)15-2-3-16(19)17(7-15)21(22)23/h2-3,7,11-14,20H,4-6,8-10H2,1H3/t11-,12?,13?,14?,18?/m0/s1. The first kappa shape index (κ1) is 17.9. The summed E-state index contributed by atoms with van der Waals surface area (Å²) in [4.78, 5) is 9.74. The van der Waals surface area contributed by atoms with Gasteiger partial charge in [-0.2, -0.15) is 4.39 Å². The molecule has 1 N–H and O–H groups in total. The molecule has 8 heteroatoms. The average Bonchev–Trinajstić information content (AvgIpc) is 2.53. The highest BCUT2D eigenvalue weighted by molar-refractivity contribution is 7.89. The molecule has 4 bridgehead atoms. The van der Waals surface area contributed by atoms with Crippen molar-refractivity contribution in [3.63, 3.8) is 0 Å². The number of hydrogen-bond donors (Lipinski definition) is 1. The molecule has 4 saturated carbocycles. The Balaban J connectivity index is 1.58. The van der Waals surface area contributed by atoms with Crippen LogP contribution < -0.4 is 4.72 Å². The van der Waals surface area contributed by atoms with Crippen LogP contribution in [0.1, 0.15) is 45.4 Å². The molecule has 5 rings (SSSR count). The van der Waals surface area contributed by atoms with Crippen molar-refractivity contribution in [2.24, 2.45) is 23.2 Å². The van der Waals surface area contributed by atoms with Crippen molar-refractivity contribution in [3.05, 3.63) is 34.1 Å². The molecule has 6 nitrogen and oxygen atoms in total. The summed E-state index contributed by atoms with van der Waals surface area (Å²) in [7, 11) is -3.95. The van der Waals surface area contributed by atoms with Crippen molar-refractivity contribution in [2.75, 3.05) is 0 Å². The van der Waals surface area contributed by atoms with Crippen LogP contribution in [0.4, 0.5) is 10.1 Å². The van der Waals surface area contributed by atoms with Crippen LogP contribution in [0.3, 0.4) is 0 Å². The van der Waals surface area contributed by atoms with E-state index in [1.165, 1.54) is 19.3 Å². The fourth-order valence-electron chi connectivity index (χ4n) is 5.93. The third-order valence-electron chi connectivity index (χ3n) is 6.76. The Morgan fingerprint density at radius 3 is 2.23 bits per heavy atom. The maximum atomic E-state index is 13.5. The summed E-state index contributed by atoms with van der Waals surface area (Å²) in [6, 6.07) is 2.47. The predicted molar refractivity (Wildman–Crippen MR) is 93.4 cm³/mol. The molecule has 0 aromatic heterocycles. The van der Waals surface area contributed by atoms with Gasteiger partial charge in [0.2, 0.25) is 15.8 Å². The minimum atomic E-state index is -3.95. The van der Waals surface area contributed by atoms with Crippen LogP contribution in [0.2, 0.25) is 0 Å². The maximum absolute atomic E-state index is 13.5. The van der Waals surface area contributed by atoms with Crippen LogP contribution >= 0.6 is 0 Å². The smallest absolute Gasteiger partial charge is 0.258 e. The highest BCUT2D eigenvalue weighted by Crippen LogP contribution is 2.61. The van der Waals surface area contributed by atoms with E-state index in [-0.39, 0.29) is 16.4 Å². The van der Waals surface area contributed by atoms with Crippen LogP contribution in [0.5, 0.6) is 0 Å². The van der Waals surface area contributed by atoms with E-state index in [1.54, 1.807) is 0 Å². The third kappa shape index (κ3) is 2.93. The monoisotopic (exact) mass is 382 g/mol. The molecule has 4 aliphatic carbocycles.